The first kappa shape index (κ1) is 49.8. The largest absolute Gasteiger partial charge is 0.430 e. The Morgan fingerprint density at radius 1 is 0.422 bits per heavy atom. The molecule has 240 valence electrons. The molecule has 0 unspecified atom stereocenters. The molecular weight excluding hydrogens is 714 g/mol. The molecule has 2 aliphatic heterocycles. The Bertz CT molecular complexity index is 1290. The zero-order chi connectivity index (χ0) is 32.6. The first-order valence-corrected chi connectivity index (χ1v) is 14.5. The topological polar surface area (TPSA) is 74.8 Å². The second kappa shape index (κ2) is 26.0. The van der Waals surface area contributed by atoms with Crippen molar-refractivity contribution < 1.29 is 84.6 Å². The summed E-state index contributed by atoms with van der Waals surface area (Å²) in [6.45, 7) is 21.0. The molecule has 45 heavy (non-hydrogen) atoms. The van der Waals surface area contributed by atoms with Crippen molar-refractivity contribution >= 4 is 45.2 Å². The van der Waals surface area contributed by atoms with Crippen LogP contribution in [0.5, 0.6) is 0 Å². The van der Waals surface area contributed by atoms with E-state index in [1.54, 1.807) is 31.2 Å². The van der Waals surface area contributed by atoms with Crippen LogP contribution in [0.15, 0.2) is 72.8 Å². The molecule has 0 aliphatic carbocycles. The predicted molar refractivity (Wildman–Crippen MR) is 182 cm³/mol. The summed E-state index contributed by atoms with van der Waals surface area (Å²) < 4.78 is 0. The molecule has 0 atom stereocenters. The molecule has 0 fully saturated rings. The zero-order valence-corrected chi connectivity index (χ0v) is 34.4. The molecule has 4 aromatic carbocycles. The number of nitrogens with zero attached hydrogens (tertiary/aromatic N) is 2. The summed E-state index contributed by atoms with van der Waals surface area (Å²) in [5.41, 5.74) is 2.18. The van der Waals surface area contributed by atoms with E-state index in [4.69, 9.17) is 0 Å². The van der Waals surface area contributed by atoms with Gasteiger partial charge in [-0.2, -0.15) is 6.92 Å². The van der Waals surface area contributed by atoms with Crippen molar-refractivity contribution in [2.45, 2.75) is 62.3 Å². The van der Waals surface area contributed by atoms with Gasteiger partial charge in [-0.05, 0) is 35.0 Å². The van der Waals surface area contributed by atoms with Crippen LogP contribution >= 0.6 is 0 Å². The molecule has 0 spiro atoms. The molecule has 0 bridgehead atoms. The fourth-order valence-corrected chi connectivity index (χ4v) is 4.16. The first-order valence-electron chi connectivity index (χ1n) is 14.5. The van der Waals surface area contributed by atoms with Gasteiger partial charge in [0.2, 0.25) is 23.6 Å². The third kappa shape index (κ3) is 11.0. The minimum Gasteiger partial charge on any atom is -0.430 e. The molecule has 0 aromatic heterocycles. The van der Waals surface area contributed by atoms with Gasteiger partial charge in [0.05, 0.1) is 0 Å². The summed E-state index contributed by atoms with van der Waals surface area (Å²) >= 11 is 0. The maximum Gasteiger partial charge on any atom is 0.231 e. The Morgan fingerprint density at radius 3 is 0.778 bits per heavy atom. The summed E-state index contributed by atoms with van der Waals surface area (Å²) in [6, 6.07) is 21.7. The Balaban J connectivity index is -0.000000278. The van der Waals surface area contributed by atoms with Crippen LogP contribution in [0.1, 0.15) is 104 Å². The number of rotatable bonds is 0. The summed E-state index contributed by atoms with van der Waals surface area (Å²) in [6.07, 6.45) is 0. The number of carbonyl (C=O) groups excluding carboxylic acids is 4. The van der Waals surface area contributed by atoms with Crippen molar-refractivity contribution in [3.05, 3.63) is 123 Å². The van der Waals surface area contributed by atoms with Crippen LogP contribution in [0.2, 0.25) is 0 Å². The fraction of sp³-hybridized carbons (Fsp3) is 0.243. The average molecular weight is 763 g/mol. The number of hydrogen-bond donors (Lipinski definition) is 0. The Morgan fingerprint density at radius 2 is 0.600 bits per heavy atom. The minimum absolute atomic E-state index is 0. The van der Waals surface area contributed by atoms with Crippen molar-refractivity contribution in [2.24, 2.45) is 0 Å². The number of amides is 4. The van der Waals surface area contributed by atoms with Gasteiger partial charge in [-0.1, -0.05) is 104 Å². The summed E-state index contributed by atoms with van der Waals surface area (Å²) in [4.78, 5) is 49.3. The molecule has 2 heterocycles. The minimum atomic E-state index is -0.339. The number of benzene rings is 4. The fourth-order valence-electron chi connectivity index (χ4n) is 4.16. The van der Waals surface area contributed by atoms with E-state index in [-0.39, 0.29) is 96.5 Å². The Hall–Kier alpha value is -2.11. The SMILES string of the molecule is CC.CC.CC.CC.[CH2-]C.[CH2-]N1C(=O)c2cccc3cccc(c23)C1=O.[CH2-]N1C(=O)c2cccc3cccc(c23)C1=O.[CH3-].[Y].[Y]. The van der Waals surface area contributed by atoms with Gasteiger partial charge in [0.1, 0.15) is 0 Å². The average Bonchev–Trinajstić information content (AvgIpc) is 3.08. The molecule has 0 N–H and O–H groups in total. The van der Waals surface area contributed by atoms with Crippen molar-refractivity contribution in [1.82, 2.24) is 9.80 Å². The van der Waals surface area contributed by atoms with E-state index in [1.165, 1.54) is 0 Å². The van der Waals surface area contributed by atoms with Crippen molar-refractivity contribution in [2.75, 3.05) is 0 Å². The molecule has 0 saturated carbocycles. The maximum atomic E-state index is 11.9. The quantitative estimate of drug-likeness (QED) is 0.132. The van der Waals surface area contributed by atoms with Gasteiger partial charge in [-0.15, -0.1) is 0 Å². The van der Waals surface area contributed by atoms with E-state index in [2.05, 4.69) is 21.0 Å². The third-order valence-corrected chi connectivity index (χ3v) is 5.71. The van der Waals surface area contributed by atoms with E-state index in [9.17, 15) is 19.2 Å². The van der Waals surface area contributed by atoms with E-state index in [0.717, 1.165) is 31.3 Å². The molecular formula is C37H48N2O4Y2-4. The molecule has 4 aromatic rings. The van der Waals surface area contributed by atoms with Crippen LogP contribution in [0, 0.1) is 28.4 Å². The maximum absolute atomic E-state index is 11.9. The van der Waals surface area contributed by atoms with Gasteiger partial charge >= 0.3 is 0 Å². The van der Waals surface area contributed by atoms with Gasteiger partial charge in [0.15, 0.2) is 0 Å². The number of imide groups is 2. The Kier molecular flexibility index (Phi) is 28.8. The number of hydrogen-bond acceptors (Lipinski definition) is 4. The standard InChI is InChI=1S/2C13H8NO2.4C2H6.C2H5.CH3.2Y/c2*1-14-12(15)9-6-2-4-8-5-3-7-10(11(8)9)13(14)16;5*1-2;;;/h2*2-7H,1H2;4*1-2H3;1H2,2H3;1H3;;/q2*-1;;;;;2*-1;;. The monoisotopic (exact) mass is 762 g/mol. The van der Waals surface area contributed by atoms with Crippen LogP contribution < -0.4 is 0 Å². The molecule has 6 rings (SSSR count). The molecule has 2 radical (unpaired) electrons. The first-order chi connectivity index (χ1) is 20.4. The zero-order valence-electron chi connectivity index (χ0n) is 28.7. The molecule has 2 aliphatic rings. The second-order valence-electron chi connectivity index (χ2n) is 7.50. The van der Waals surface area contributed by atoms with Crippen LogP contribution in [-0.4, -0.2) is 33.4 Å². The normalized spacial score (nSPS) is 11.1. The van der Waals surface area contributed by atoms with Gasteiger partial charge in [-0.25, -0.2) is 14.1 Å². The number of carbonyl (C=O) groups is 4. The van der Waals surface area contributed by atoms with E-state index >= 15 is 0 Å². The summed E-state index contributed by atoms with van der Waals surface area (Å²) in [5, 5.41) is 3.29. The summed E-state index contributed by atoms with van der Waals surface area (Å²) in [7, 11) is 6.96. The van der Waals surface area contributed by atoms with E-state index < -0.39 is 0 Å². The van der Waals surface area contributed by atoms with E-state index in [0.29, 0.717) is 22.3 Å². The summed E-state index contributed by atoms with van der Waals surface area (Å²) in [5.74, 6) is -1.35. The van der Waals surface area contributed by atoms with E-state index in [1.807, 2.05) is 104 Å². The second-order valence-corrected chi connectivity index (χ2v) is 7.50. The van der Waals surface area contributed by atoms with Crippen LogP contribution in [-0.2, 0) is 65.4 Å². The van der Waals surface area contributed by atoms with Gasteiger partial charge < -0.3 is 24.2 Å². The van der Waals surface area contributed by atoms with Crippen LogP contribution in [0.4, 0.5) is 0 Å². The van der Waals surface area contributed by atoms with Gasteiger partial charge in [0, 0.05) is 98.4 Å². The van der Waals surface area contributed by atoms with Gasteiger partial charge in [0.25, 0.3) is 0 Å². The Labute approximate surface area is 322 Å². The molecule has 6 nitrogen and oxygen atoms in total. The predicted octanol–water partition coefficient (Wildman–Crippen LogP) is 9.85. The van der Waals surface area contributed by atoms with Crippen molar-refractivity contribution in [3.8, 4) is 0 Å². The van der Waals surface area contributed by atoms with Crippen LogP contribution in [0.3, 0.4) is 0 Å². The van der Waals surface area contributed by atoms with Crippen LogP contribution in [0.25, 0.3) is 21.5 Å². The smallest absolute Gasteiger partial charge is 0.231 e. The third-order valence-electron chi connectivity index (χ3n) is 5.71. The molecule has 4 amide bonds. The molecule has 0 saturated heterocycles. The van der Waals surface area contributed by atoms with Gasteiger partial charge in [-0.3, -0.25) is 19.2 Å². The molecule has 8 heteroatoms. The van der Waals surface area contributed by atoms with Crippen molar-refractivity contribution in [3.63, 3.8) is 0 Å². The van der Waals surface area contributed by atoms with Crippen molar-refractivity contribution in [1.29, 1.82) is 0 Å².